The third-order valence-corrected chi connectivity index (χ3v) is 3.78. The van der Waals surface area contributed by atoms with Gasteiger partial charge in [-0.2, -0.15) is 13.2 Å². The SMILES string of the molecule is COc1ccccc1NC(=O)COC(=O)CCC(=O)Nc1cccc(C(F)(F)F)c1. The summed E-state index contributed by atoms with van der Waals surface area (Å²) in [4.78, 5) is 35.4. The van der Waals surface area contributed by atoms with E-state index in [9.17, 15) is 27.6 Å². The molecule has 0 fully saturated rings. The molecule has 0 spiro atoms. The van der Waals surface area contributed by atoms with E-state index in [2.05, 4.69) is 10.6 Å². The summed E-state index contributed by atoms with van der Waals surface area (Å²) < 4.78 is 47.9. The molecule has 0 atom stereocenters. The molecule has 0 aromatic heterocycles. The fraction of sp³-hybridized carbons (Fsp3) is 0.250. The summed E-state index contributed by atoms with van der Waals surface area (Å²) in [5.41, 5.74) is -0.540. The van der Waals surface area contributed by atoms with Gasteiger partial charge in [-0.15, -0.1) is 0 Å². The van der Waals surface area contributed by atoms with Crippen molar-refractivity contribution in [1.29, 1.82) is 0 Å². The number of carbonyl (C=O) groups is 3. The smallest absolute Gasteiger partial charge is 0.416 e. The highest BCUT2D eigenvalue weighted by molar-refractivity contribution is 5.95. The van der Waals surface area contributed by atoms with E-state index in [1.54, 1.807) is 24.3 Å². The van der Waals surface area contributed by atoms with Gasteiger partial charge in [-0.05, 0) is 30.3 Å². The third-order valence-electron chi connectivity index (χ3n) is 3.78. The number of carbonyl (C=O) groups excluding carboxylic acids is 3. The van der Waals surface area contributed by atoms with E-state index >= 15 is 0 Å². The Morgan fingerprint density at radius 3 is 2.37 bits per heavy atom. The molecule has 30 heavy (non-hydrogen) atoms. The number of amides is 2. The molecule has 0 radical (unpaired) electrons. The number of anilines is 2. The zero-order chi connectivity index (χ0) is 22.1. The van der Waals surface area contributed by atoms with Crippen LogP contribution in [-0.2, 0) is 25.3 Å². The lowest BCUT2D eigenvalue weighted by Crippen LogP contribution is -2.22. The summed E-state index contributed by atoms with van der Waals surface area (Å²) in [6.07, 6.45) is -5.19. The molecular weight excluding hydrogens is 405 g/mol. The minimum atomic E-state index is -4.53. The van der Waals surface area contributed by atoms with Crippen molar-refractivity contribution >= 4 is 29.2 Å². The van der Waals surface area contributed by atoms with Crippen LogP contribution < -0.4 is 15.4 Å². The normalized spacial score (nSPS) is 10.8. The van der Waals surface area contributed by atoms with E-state index < -0.39 is 36.1 Å². The van der Waals surface area contributed by atoms with Crippen LogP contribution in [0, 0.1) is 0 Å². The molecule has 0 saturated heterocycles. The molecule has 2 N–H and O–H groups in total. The Bertz CT molecular complexity index is 915. The second-order valence-electron chi connectivity index (χ2n) is 6.04. The van der Waals surface area contributed by atoms with Gasteiger partial charge in [0.2, 0.25) is 5.91 Å². The summed E-state index contributed by atoms with van der Waals surface area (Å²) in [7, 11) is 1.44. The zero-order valence-electron chi connectivity index (χ0n) is 15.9. The molecule has 2 aromatic rings. The van der Waals surface area contributed by atoms with Crippen LogP contribution in [0.1, 0.15) is 18.4 Å². The number of nitrogens with one attached hydrogen (secondary N) is 2. The van der Waals surface area contributed by atoms with Gasteiger partial charge in [-0.1, -0.05) is 18.2 Å². The molecule has 0 bridgehead atoms. The Labute approximate surface area is 170 Å². The van der Waals surface area contributed by atoms with Gasteiger partial charge in [0, 0.05) is 12.1 Å². The second-order valence-corrected chi connectivity index (χ2v) is 6.04. The highest BCUT2D eigenvalue weighted by atomic mass is 19.4. The van der Waals surface area contributed by atoms with Gasteiger partial charge in [0.15, 0.2) is 6.61 Å². The molecule has 0 saturated carbocycles. The van der Waals surface area contributed by atoms with Crippen LogP contribution in [-0.4, -0.2) is 31.5 Å². The maximum absolute atomic E-state index is 12.7. The minimum Gasteiger partial charge on any atom is -0.495 e. The fourth-order valence-electron chi connectivity index (χ4n) is 2.36. The number of para-hydroxylation sites is 2. The van der Waals surface area contributed by atoms with Crippen molar-refractivity contribution in [1.82, 2.24) is 0 Å². The Hall–Kier alpha value is -3.56. The molecule has 2 rings (SSSR count). The monoisotopic (exact) mass is 424 g/mol. The number of methoxy groups -OCH3 is 1. The first-order valence-electron chi connectivity index (χ1n) is 8.74. The third kappa shape index (κ3) is 7.12. The van der Waals surface area contributed by atoms with Crippen molar-refractivity contribution in [2.75, 3.05) is 24.4 Å². The van der Waals surface area contributed by atoms with Crippen molar-refractivity contribution in [2.45, 2.75) is 19.0 Å². The topological polar surface area (TPSA) is 93.7 Å². The summed E-state index contributed by atoms with van der Waals surface area (Å²) in [5.74, 6) is -1.63. The van der Waals surface area contributed by atoms with E-state index in [4.69, 9.17) is 9.47 Å². The van der Waals surface area contributed by atoms with Crippen LogP contribution in [0.15, 0.2) is 48.5 Å². The molecule has 2 aromatic carbocycles. The highest BCUT2D eigenvalue weighted by Gasteiger charge is 2.30. The lowest BCUT2D eigenvalue weighted by Gasteiger charge is -2.10. The van der Waals surface area contributed by atoms with Gasteiger partial charge in [0.05, 0.1) is 24.8 Å². The number of halogens is 3. The van der Waals surface area contributed by atoms with Crippen LogP contribution in [0.5, 0.6) is 5.75 Å². The Morgan fingerprint density at radius 1 is 0.933 bits per heavy atom. The van der Waals surface area contributed by atoms with Gasteiger partial charge in [-0.3, -0.25) is 14.4 Å². The van der Waals surface area contributed by atoms with Crippen molar-refractivity contribution in [3.8, 4) is 5.75 Å². The van der Waals surface area contributed by atoms with E-state index in [1.807, 2.05) is 0 Å². The van der Waals surface area contributed by atoms with Crippen LogP contribution >= 0.6 is 0 Å². The van der Waals surface area contributed by atoms with Crippen molar-refractivity contribution in [2.24, 2.45) is 0 Å². The molecule has 10 heteroatoms. The quantitative estimate of drug-likeness (QED) is 0.632. The predicted molar refractivity (Wildman–Crippen MR) is 102 cm³/mol. The molecule has 2 amide bonds. The summed E-state index contributed by atoms with van der Waals surface area (Å²) in [6.45, 7) is -0.563. The van der Waals surface area contributed by atoms with Crippen molar-refractivity contribution in [3.05, 3.63) is 54.1 Å². The molecule has 7 nitrogen and oxygen atoms in total. The molecule has 0 heterocycles. The first-order chi connectivity index (χ1) is 14.2. The van der Waals surface area contributed by atoms with Crippen LogP contribution in [0.25, 0.3) is 0 Å². The summed E-state index contributed by atoms with van der Waals surface area (Å²) >= 11 is 0. The van der Waals surface area contributed by atoms with Crippen LogP contribution in [0.2, 0.25) is 0 Å². The fourth-order valence-corrected chi connectivity index (χ4v) is 2.36. The number of alkyl halides is 3. The van der Waals surface area contributed by atoms with Crippen molar-refractivity contribution < 1.29 is 37.0 Å². The zero-order valence-corrected chi connectivity index (χ0v) is 15.9. The largest absolute Gasteiger partial charge is 0.495 e. The number of ether oxygens (including phenoxy) is 2. The van der Waals surface area contributed by atoms with Crippen LogP contribution in [0.4, 0.5) is 24.5 Å². The van der Waals surface area contributed by atoms with Gasteiger partial charge in [0.1, 0.15) is 5.75 Å². The van der Waals surface area contributed by atoms with E-state index in [-0.39, 0.29) is 18.5 Å². The van der Waals surface area contributed by atoms with E-state index in [1.165, 1.54) is 13.2 Å². The first kappa shape index (κ1) is 22.7. The number of hydrogen-bond acceptors (Lipinski definition) is 5. The summed E-state index contributed by atoms with van der Waals surface area (Å²) in [5, 5.41) is 4.80. The molecule has 160 valence electrons. The Balaban J connectivity index is 1.75. The maximum atomic E-state index is 12.7. The number of benzene rings is 2. The standard InChI is InChI=1S/C20H19F3N2O5/c1-29-16-8-3-2-7-15(16)25-18(27)12-30-19(28)10-9-17(26)24-14-6-4-5-13(11-14)20(21,22)23/h2-8,11H,9-10,12H2,1H3,(H,24,26)(H,25,27). The Morgan fingerprint density at radius 2 is 1.67 bits per heavy atom. The first-order valence-corrected chi connectivity index (χ1v) is 8.74. The minimum absolute atomic E-state index is 0.0422. The van der Waals surface area contributed by atoms with E-state index in [0.717, 1.165) is 18.2 Å². The molecule has 0 unspecified atom stereocenters. The average Bonchev–Trinajstić information content (AvgIpc) is 2.70. The lowest BCUT2D eigenvalue weighted by molar-refractivity contribution is -0.147. The molecule has 0 aliphatic heterocycles. The van der Waals surface area contributed by atoms with Gasteiger partial charge in [-0.25, -0.2) is 0 Å². The molecular formula is C20H19F3N2O5. The predicted octanol–water partition coefficient (Wildman–Crippen LogP) is 3.61. The average molecular weight is 424 g/mol. The van der Waals surface area contributed by atoms with Gasteiger partial charge < -0.3 is 20.1 Å². The number of hydrogen-bond donors (Lipinski definition) is 2. The second kappa shape index (κ2) is 10.3. The number of rotatable bonds is 8. The number of esters is 1. The Kier molecular flexibility index (Phi) is 7.79. The maximum Gasteiger partial charge on any atom is 0.416 e. The van der Waals surface area contributed by atoms with Crippen LogP contribution in [0.3, 0.4) is 0 Å². The van der Waals surface area contributed by atoms with Gasteiger partial charge >= 0.3 is 12.1 Å². The molecule has 0 aliphatic rings. The molecule has 0 aliphatic carbocycles. The van der Waals surface area contributed by atoms with Crippen molar-refractivity contribution in [3.63, 3.8) is 0 Å². The van der Waals surface area contributed by atoms with Gasteiger partial charge in [0.25, 0.3) is 5.91 Å². The lowest BCUT2D eigenvalue weighted by atomic mass is 10.2. The summed E-state index contributed by atoms with van der Waals surface area (Å²) in [6, 6.07) is 10.8. The highest BCUT2D eigenvalue weighted by Crippen LogP contribution is 2.30. The van der Waals surface area contributed by atoms with E-state index in [0.29, 0.717) is 11.4 Å².